The number of ether oxygens (including phenoxy) is 6. The molecular weight excluding hydrogens is 881 g/mol. The minimum absolute atomic E-state index is 0.0711. The zero-order chi connectivity index (χ0) is 46.1. The molecular formula is C40H58N8O14S2. The van der Waals surface area contributed by atoms with Crippen molar-refractivity contribution < 1.29 is 68.6 Å². The van der Waals surface area contributed by atoms with Gasteiger partial charge in [-0.05, 0) is 36.8 Å². The molecule has 5 aliphatic rings. The summed E-state index contributed by atoms with van der Waals surface area (Å²) in [6.07, 6.45) is -19.7. The topological polar surface area (TPSA) is 391 Å². The van der Waals surface area contributed by atoms with Crippen LogP contribution in [0.2, 0.25) is 0 Å². The largest absolute Gasteiger partial charge is 0.389 e. The van der Waals surface area contributed by atoms with Crippen LogP contribution in [0, 0.1) is 0 Å². The van der Waals surface area contributed by atoms with Crippen molar-refractivity contribution in [3.8, 4) is 0 Å². The predicted octanol–water partition coefficient (Wildman–Crippen LogP) is -5.39. The first-order chi connectivity index (χ1) is 30.5. The van der Waals surface area contributed by atoms with Crippen LogP contribution < -0.4 is 45.0 Å². The van der Waals surface area contributed by atoms with Gasteiger partial charge in [0.05, 0.1) is 24.3 Å². The number of nitrogens with one attached hydrogen (secondary N) is 2. The zero-order valence-electron chi connectivity index (χ0n) is 34.5. The summed E-state index contributed by atoms with van der Waals surface area (Å²) in [5.41, 5.74) is 38.4. The van der Waals surface area contributed by atoms with Gasteiger partial charge in [-0.15, -0.1) is 0 Å². The van der Waals surface area contributed by atoms with Crippen LogP contribution in [0.5, 0.6) is 0 Å². The summed E-state index contributed by atoms with van der Waals surface area (Å²) in [7, 11) is 0. The van der Waals surface area contributed by atoms with Crippen molar-refractivity contribution in [2.24, 2.45) is 34.4 Å². The SMILES string of the molecule is NCC1O[C@H](O[C@H]2[C@@H](O)[C@H](O[C@@H]3[C@@H](O)[C@H](N)C[C@H](N)[C@H]3O[C@H]3O[C@H](CN)[C@@H](O)[C@H](O)[C@H]3N)O[C@@H]2CSCCNC(=S)Nc2ccc3c(c2)C(=O)c2ccccc2C3=O)[C@H](N)[C@@H](O)[C@@H]1O. The van der Waals surface area contributed by atoms with E-state index in [4.69, 9.17) is 75.0 Å². The Morgan fingerprint density at radius 2 is 1.19 bits per heavy atom. The molecule has 0 bridgehead atoms. The Kier molecular flexibility index (Phi) is 16.0. The number of benzene rings is 2. The first kappa shape index (κ1) is 49.0. The summed E-state index contributed by atoms with van der Waals surface area (Å²) in [5, 5.41) is 71.6. The average molecular weight is 939 g/mol. The number of ketones is 2. The van der Waals surface area contributed by atoms with Crippen molar-refractivity contribution in [3.05, 3.63) is 64.7 Å². The number of fused-ring (bicyclic) bond motifs is 2. The number of thioether (sulfide) groups is 1. The lowest BCUT2D eigenvalue weighted by atomic mass is 9.84. The van der Waals surface area contributed by atoms with Crippen molar-refractivity contribution in [2.75, 3.05) is 36.5 Å². The molecule has 3 aliphatic heterocycles. The molecule has 2 aromatic rings. The van der Waals surface area contributed by atoms with Crippen molar-refractivity contribution in [3.63, 3.8) is 0 Å². The summed E-state index contributed by atoms with van der Waals surface area (Å²) in [6.45, 7) is -0.0106. The van der Waals surface area contributed by atoms with Gasteiger partial charge in [0.25, 0.3) is 0 Å². The van der Waals surface area contributed by atoms with Gasteiger partial charge in [-0.25, -0.2) is 0 Å². The molecule has 3 heterocycles. The molecule has 3 saturated heterocycles. The first-order valence-electron chi connectivity index (χ1n) is 20.9. The van der Waals surface area contributed by atoms with Gasteiger partial charge < -0.3 is 104 Å². The van der Waals surface area contributed by atoms with Crippen molar-refractivity contribution in [1.82, 2.24) is 5.32 Å². The van der Waals surface area contributed by atoms with Crippen molar-refractivity contribution in [2.45, 2.75) is 123 Å². The second-order valence-electron chi connectivity index (χ2n) is 16.5. The van der Waals surface area contributed by atoms with Gasteiger partial charge in [-0.3, -0.25) is 9.59 Å². The summed E-state index contributed by atoms with van der Waals surface area (Å²) in [4.78, 5) is 26.2. The summed E-state index contributed by atoms with van der Waals surface area (Å²) < 4.78 is 36.4. The fourth-order valence-electron chi connectivity index (χ4n) is 8.52. The third kappa shape index (κ3) is 10.0. The van der Waals surface area contributed by atoms with Gasteiger partial charge in [0.15, 0.2) is 35.5 Å². The zero-order valence-corrected chi connectivity index (χ0v) is 36.1. The fraction of sp³-hybridized carbons (Fsp3) is 0.625. The number of carbonyl (C=O) groups is 2. The second kappa shape index (κ2) is 20.9. The Balaban J connectivity index is 1.00. The highest BCUT2D eigenvalue weighted by Gasteiger charge is 2.54. The lowest BCUT2D eigenvalue weighted by molar-refractivity contribution is -0.306. The van der Waals surface area contributed by atoms with Crippen LogP contribution in [-0.2, 0) is 28.4 Å². The molecule has 20 N–H and O–H groups in total. The van der Waals surface area contributed by atoms with Crippen LogP contribution in [0.1, 0.15) is 38.3 Å². The van der Waals surface area contributed by atoms with E-state index in [9.17, 15) is 40.2 Å². The lowest BCUT2D eigenvalue weighted by Crippen LogP contribution is -2.68. The maximum atomic E-state index is 13.2. The Bertz CT molecular complexity index is 1980. The quantitative estimate of drug-likeness (QED) is 0.0530. The molecule has 0 aromatic heterocycles. The Morgan fingerprint density at radius 1 is 0.656 bits per heavy atom. The van der Waals surface area contributed by atoms with E-state index in [2.05, 4.69) is 10.6 Å². The van der Waals surface area contributed by atoms with Crippen molar-refractivity contribution >= 4 is 46.3 Å². The molecule has 7 rings (SSSR count). The molecule has 4 fully saturated rings. The lowest BCUT2D eigenvalue weighted by Gasteiger charge is -2.47. The molecule has 24 heteroatoms. The van der Waals surface area contributed by atoms with Crippen LogP contribution >= 0.6 is 24.0 Å². The van der Waals surface area contributed by atoms with Gasteiger partial charge in [-0.2, -0.15) is 11.8 Å². The van der Waals surface area contributed by atoms with Gasteiger partial charge in [-0.1, -0.05) is 24.3 Å². The molecule has 0 radical (unpaired) electrons. The Morgan fingerprint density at radius 3 is 1.78 bits per heavy atom. The van der Waals surface area contributed by atoms with E-state index in [0.717, 1.165) is 0 Å². The van der Waals surface area contributed by atoms with Crippen LogP contribution in [-0.4, -0.2) is 195 Å². The van der Waals surface area contributed by atoms with E-state index < -0.39 is 116 Å². The molecule has 64 heavy (non-hydrogen) atoms. The number of aliphatic hydroxyl groups excluding tert-OH is 6. The molecule has 1 saturated carbocycles. The van der Waals surface area contributed by atoms with E-state index in [1.807, 2.05) is 0 Å². The number of anilines is 1. The smallest absolute Gasteiger partial charge is 0.194 e. The number of carbonyl (C=O) groups excluding carboxylic acids is 2. The average Bonchev–Trinajstić information content (AvgIpc) is 3.57. The number of nitrogens with two attached hydrogens (primary N) is 6. The van der Waals surface area contributed by atoms with Gasteiger partial charge >= 0.3 is 0 Å². The van der Waals surface area contributed by atoms with E-state index >= 15 is 0 Å². The van der Waals surface area contributed by atoms with Gasteiger partial charge in [0, 0.05) is 71.2 Å². The maximum Gasteiger partial charge on any atom is 0.194 e. The van der Waals surface area contributed by atoms with Crippen molar-refractivity contribution in [1.29, 1.82) is 0 Å². The maximum absolute atomic E-state index is 13.2. The van der Waals surface area contributed by atoms with E-state index in [0.29, 0.717) is 34.7 Å². The third-order valence-electron chi connectivity index (χ3n) is 12.2. The third-order valence-corrected chi connectivity index (χ3v) is 13.5. The molecule has 354 valence electrons. The second-order valence-corrected chi connectivity index (χ2v) is 18.0. The van der Waals surface area contributed by atoms with E-state index in [-0.39, 0.29) is 47.5 Å². The fourth-order valence-corrected chi connectivity index (χ4v) is 9.65. The molecule has 2 aromatic carbocycles. The highest BCUT2D eigenvalue weighted by Crippen LogP contribution is 2.36. The molecule has 1 unspecified atom stereocenters. The van der Waals surface area contributed by atoms with E-state index in [1.54, 1.807) is 42.5 Å². The van der Waals surface area contributed by atoms with E-state index in [1.165, 1.54) is 11.8 Å². The highest BCUT2D eigenvalue weighted by molar-refractivity contribution is 7.99. The van der Waals surface area contributed by atoms with Crippen LogP contribution in [0.3, 0.4) is 0 Å². The summed E-state index contributed by atoms with van der Waals surface area (Å²) in [6, 6.07) is 7.19. The monoisotopic (exact) mass is 938 g/mol. The van der Waals surface area contributed by atoms with Gasteiger partial charge in [0.2, 0.25) is 0 Å². The Hall–Kier alpha value is -2.90. The number of rotatable bonds is 14. The van der Waals surface area contributed by atoms with Crippen LogP contribution in [0.25, 0.3) is 0 Å². The Labute approximate surface area is 377 Å². The summed E-state index contributed by atoms with van der Waals surface area (Å²) >= 11 is 6.88. The van der Waals surface area contributed by atoms with Crippen LogP contribution in [0.15, 0.2) is 42.5 Å². The standard InChI is InChI=1S/C40H58N8O14S2/c41-11-21-29(52)31(54)24(45)37(57-21)60-34-20(44)10-19(43)28(51)36(34)62-39-33(56)35(61-38-25(46)32(55)30(53)22(12-42)58-38)23(59-39)13-64-8-7-47-40(63)48-14-5-6-17-18(9-14)27(50)16-4-2-1-3-15(16)26(17)49/h1-6,9,19-25,28-39,51-56H,7-8,10-13,41-46H2,(H2,47,48,63)/t19-,20+,21-,22?,23-,24-,25-,28+,29-,30-,31-,32-,33-,34-,35-,36-,37-,38-,39+/m1/s1. The molecule has 2 aliphatic carbocycles. The predicted molar refractivity (Wildman–Crippen MR) is 233 cm³/mol. The molecule has 19 atom stereocenters. The summed E-state index contributed by atoms with van der Waals surface area (Å²) in [5.74, 6) is 0.121. The minimum atomic E-state index is -1.59. The molecule has 0 spiro atoms. The number of thiocarbonyl (C=S) groups is 1. The molecule has 22 nitrogen and oxygen atoms in total. The number of hydrogen-bond donors (Lipinski definition) is 14. The molecule has 0 amide bonds. The van der Waals surface area contributed by atoms with Crippen LogP contribution in [0.4, 0.5) is 5.69 Å². The number of aliphatic hydroxyl groups is 6. The minimum Gasteiger partial charge on any atom is -0.389 e. The normalized spacial score (nSPS) is 39.8. The first-order valence-corrected chi connectivity index (χ1v) is 22.5. The highest BCUT2D eigenvalue weighted by atomic mass is 32.2. The number of hydrogen-bond acceptors (Lipinski definition) is 22. The van der Waals surface area contributed by atoms with Gasteiger partial charge in [0.1, 0.15) is 61.0 Å².